The number of furan rings is 1. The molecule has 0 spiro atoms. The summed E-state index contributed by atoms with van der Waals surface area (Å²) in [5, 5.41) is 5.37. The predicted molar refractivity (Wildman–Crippen MR) is 115 cm³/mol. The third-order valence-electron chi connectivity index (χ3n) is 4.28. The van der Waals surface area contributed by atoms with Crippen LogP contribution in [0.3, 0.4) is 0 Å². The highest BCUT2D eigenvalue weighted by Gasteiger charge is 2.18. The summed E-state index contributed by atoms with van der Waals surface area (Å²) in [5.41, 5.74) is 0.796. The van der Waals surface area contributed by atoms with E-state index in [0.29, 0.717) is 34.3 Å². The Morgan fingerprint density at radius 3 is 2.13 bits per heavy atom. The molecular formula is C23H22N2O6. The van der Waals surface area contributed by atoms with Crippen molar-refractivity contribution in [3.63, 3.8) is 0 Å². The summed E-state index contributed by atoms with van der Waals surface area (Å²) in [7, 11) is 4.44. The van der Waals surface area contributed by atoms with Gasteiger partial charge in [0.1, 0.15) is 11.5 Å². The fourth-order valence-corrected chi connectivity index (χ4v) is 2.81. The number of rotatable bonds is 8. The van der Waals surface area contributed by atoms with Crippen LogP contribution in [0.4, 0.5) is 5.69 Å². The molecule has 0 radical (unpaired) electrons. The molecule has 1 aromatic heterocycles. The maximum atomic E-state index is 13.0. The Labute approximate surface area is 179 Å². The van der Waals surface area contributed by atoms with Crippen molar-refractivity contribution in [2.45, 2.75) is 0 Å². The predicted octanol–water partition coefficient (Wildman–Crippen LogP) is 3.72. The van der Waals surface area contributed by atoms with Crippen LogP contribution in [0, 0.1) is 0 Å². The van der Waals surface area contributed by atoms with Gasteiger partial charge in [0.25, 0.3) is 11.8 Å². The van der Waals surface area contributed by atoms with E-state index in [2.05, 4.69) is 10.6 Å². The molecule has 1 heterocycles. The van der Waals surface area contributed by atoms with Crippen LogP contribution in [0.1, 0.15) is 16.1 Å². The van der Waals surface area contributed by atoms with E-state index in [1.165, 1.54) is 33.7 Å². The zero-order valence-corrected chi connectivity index (χ0v) is 17.3. The quantitative estimate of drug-likeness (QED) is 0.537. The summed E-state index contributed by atoms with van der Waals surface area (Å²) in [6.07, 6.45) is 2.91. The third kappa shape index (κ3) is 5.24. The molecule has 8 heteroatoms. The molecule has 0 aliphatic heterocycles. The van der Waals surface area contributed by atoms with E-state index in [0.717, 1.165) is 0 Å². The molecule has 2 aromatic carbocycles. The Morgan fingerprint density at radius 2 is 1.58 bits per heavy atom. The van der Waals surface area contributed by atoms with Gasteiger partial charge in [0.2, 0.25) is 5.75 Å². The minimum Gasteiger partial charge on any atom is -0.493 e. The smallest absolute Gasteiger partial charge is 0.272 e. The summed E-state index contributed by atoms with van der Waals surface area (Å²) >= 11 is 0. The molecular weight excluding hydrogens is 400 g/mol. The first-order valence-electron chi connectivity index (χ1n) is 9.28. The van der Waals surface area contributed by atoms with Gasteiger partial charge in [-0.2, -0.15) is 0 Å². The number of carbonyl (C=O) groups excluding carboxylic acids is 2. The number of carbonyl (C=O) groups is 2. The molecule has 0 saturated carbocycles. The van der Waals surface area contributed by atoms with E-state index in [4.69, 9.17) is 18.6 Å². The summed E-state index contributed by atoms with van der Waals surface area (Å²) < 4.78 is 21.2. The van der Waals surface area contributed by atoms with Crippen LogP contribution in [0.2, 0.25) is 0 Å². The van der Waals surface area contributed by atoms with Crippen molar-refractivity contribution in [1.29, 1.82) is 0 Å². The second-order valence-electron chi connectivity index (χ2n) is 6.26. The van der Waals surface area contributed by atoms with Gasteiger partial charge in [-0.3, -0.25) is 9.59 Å². The Kier molecular flexibility index (Phi) is 6.95. The Hall–Kier alpha value is -4.20. The van der Waals surface area contributed by atoms with Crippen molar-refractivity contribution in [3.05, 3.63) is 77.9 Å². The fraction of sp³-hybridized carbons (Fsp3) is 0.130. The van der Waals surface area contributed by atoms with E-state index in [1.807, 2.05) is 0 Å². The number of nitrogens with one attached hydrogen (secondary N) is 2. The molecule has 0 aliphatic rings. The van der Waals surface area contributed by atoms with Crippen LogP contribution in [0.25, 0.3) is 6.08 Å². The Morgan fingerprint density at radius 1 is 0.903 bits per heavy atom. The molecule has 8 nitrogen and oxygen atoms in total. The van der Waals surface area contributed by atoms with Gasteiger partial charge in [-0.25, -0.2) is 0 Å². The molecule has 0 aliphatic carbocycles. The summed E-state index contributed by atoms with van der Waals surface area (Å²) in [6.45, 7) is 0. The number of amides is 2. The maximum Gasteiger partial charge on any atom is 0.272 e. The Balaban J connectivity index is 1.89. The average molecular weight is 422 g/mol. The SMILES string of the molecule is COc1cc(NC(=O)/C(=C/c2ccco2)NC(=O)c2ccccc2)cc(OC)c1OC. The molecule has 0 atom stereocenters. The van der Waals surface area contributed by atoms with E-state index in [-0.39, 0.29) is 5.70 Å². The van der Waals surface area contributed by atoms with Gasteiger partial charge < -0.3 is 29.3 Å². The molecule has 2 amide bonds. The van der Waals surface area contributed by atoms with E-state index in [1.54, 1.807) is 54.6 Å². The zero-order chi connectivity index (χ0) is 22.2. The summed E-state index contributed by atoms with van der Waals surface area (Å²) in [4.78, 5) is 25.6. The van der Waals surface area contributed by atoms with Gasteiger partial charge >= 0.3 is 0 Å². The lowest BCUT2D eigenvalue weighted by molar-refractivity contribution is -0.113. The number of ether oxygens (including phenoxy) is 3. The van der Waals surface area contributed by atoms with Crippen LogP contribution in [0.5, 0.6) is 17.2 Å². The van der Waals surface area contributed by atoms with Gasteiger partial charge in [0, 0.05) is 29.5 Å². The second-order valence-corrected chi connectivity index (χ2v) is 6.26. The number of hydrogen-bond acceptors (Lipinski definition) is 6. The first-order valence-corrected chi connectivity index (χ1v) is 9.28. The van der Waals surface area contributed by atoms with Gasteiger partial charge in [0.05, 0.1) is 27.6 Å². The molecule has 0 unspecified atom stereocenters. The van der Waals surface area contributed by atoms with E-state index >= 15 is 0 Å². The first kappa shape index (κ1) is 21.5. The minimum absolute atomic E-state index is 0.00226. The fourth-order valence-electron chi connectivity index (χ4n) is 2.81. The molecule has 31 heavy (non-hydrogen) atoms. The number of benzene rings is 2. The molecule has 3 aromatic rings. The molecule has 160 valence electrons. The zero-order valence-electron chi connectivity index (χ0n) is 17.3. The standard InChI is InChI=1S/C23H22N2O6/c1-28-19-12-16(13-20(29-2)21(19)30-3)24-23(27)18(14-17-10-7-11-31-17)25-22(26)15-8-5-4-6-9-15/h4-14H,1-3H3,(H,24,27)(H,25,26)/b18-14-. The van der Waals surface area contributed by atoms with Crippen molar-refractivity contribution in [2.24, 2.45) is 0 Å². The lowest BCUT2D eigenvalue weighted by Gasteiger charge is -2.15. The van der Waals surface area contributed by atoms with E-state index < -0.39 is 11.8 Å². The highest BCUT2D eigenvalue weighted by Crippen LogP contribution is 2.40. The summed E-state index contributed by atoms with van der Waals surface area (Å²) in [6, 6.07) is 15.1. The van der Waals surface area contributed by atoms with Crippen LogP contribution >= 0.6 is 0 Å². The first-order chi connectivity index (χ1) is 15.0. The molecule has 3 rings (SSSR count). The maximum absolute atomic E-state index is 13.0. The topological polar surface area (TPSA) is 99.0 Å². The van der Waals surface area contributed by atoms with Crippen molar-refractivity contribution >= 4 is 23.6 Å². The molecule has 0 fully saturated rings. The average Bonchev–Trinajstić information content (AvgIpc) is 3.31. The van der Waals surface area contributed by atoms with Crippen LogP contribution in [-0.4, -0.2) is 33.1 Å². The second kappa shape index (κ2) is 10.0. The lowest BCUT2D eigenvalue weighted by atomic mass is 10.2. The molecule has 2 N–H and O–H groups in total. The third-order valence-corrected chi connectivity index (χ3v) is 4.28. The van der Waals surface area contributed by atoms with Crippen molar-refractivity contribution in [2.75, 3.05) is 26.6 Å². The Bertz CT molecular complexity index is 1050. The molecule has 0 saturated heterocycles. The number of anilines is 1. The number of hydrogen-bond donors (Lipinski definition) is 2. The summed E-state index contributed by atoms with van der Waals surface area (Å²) in [5.74, 6) is 0.563. The van der Waals surface area contributed by atoms with Crippen LogP contribution in [-0.2, 0) is 4.79 Å². The van der Waals surface area contributed by atoms with Gasteiger partial charge in [0.15, 0.2) is 11.5 Å². The minimum atomic E-state index is -0.560. The van der Waals surface area contributed by atoms with Crippen molar-refractivity contribution in [3.8, 4) is 17.2 Å². The van der Waals surface area contributed by atoms with Crippen molar-refractivity contribution in [1.82, 2.24) is 5.32 Å². The highest BCUT2D eigenvalue weighted by molar-refractivity contribution is 6.10. The van der Waals surface area contributed by atoms with Gasteiger partial charge in [-0.05, 0) is 24.3 Å². The van der Waals surface area contributed by atoms with E-state index in [9.17, 15) is 9.59 Å². The normalized spacial score (nSPS) is 10.9. The number of methoxy groups -OCH3 is 3. The lowest BCUT2D eigenvalue weighted by Crippen LogP contribution is -2.30. The van der Waals surface area contributed by atoms with Gasteiger partial charge in [-0.1, -0.05) is 18.2 Å². The van der Waals surface area contributed by atoms with Crippen LogP contribution in [0.15, 0.2) is 71.0 Å². The van der Waals surface area contributed by atoms with Crippen LogP contribution < -0.4 is 24.8 Å². The van der Waals surface area contributed by atoms with Gasteiger partial charge in [-0.15, -0.1) is 0 Å². The largest absolute Gasteiger partial charge is 0.493 e. The molecule has 0 bridgehead atoms. The highest BCUT2D eigenvalue weighted by atomic mass is 16.5. The monoisotopic (exact) mass is 422 g/mol. The van der Waals surface area contributed by atoms with Crippen molar-refractivity contribution < 1.29 is 28.2 Å².